The minimum atomic E-state index is -4.48. The van der Waals surface area contributed by atoms with Gasteiger partial charge in [-0.15, -0.1) is 0 Å². The van der Waals surface area contributed by atoms with E-state index in [9.17, 15) is 26.3 Å². The van der Waals surface area contributed by atoms with E-state index in [1.807, 2.05) is 0 Å². The monoisotopic (exact) mass is 393 g/mol. The quantitative estimate of drug-likeness (QED) is 0.339. The predicted octanol–water partition coefficient (Wildman–Crippen LogP) is 6.89. The van der Waals surface area contributed by atoms with Crippen LogP contribution in [0.15, 0.2) is 83.9 Å². The molecule has 1 nitrogen and oxygen atoms in total. The maximum Gasteiger partial charge on any atom is 0.416 e. The molecule has 0 saturated heterocycles. The van der Waals surface area contributed by atoms with Gasteiger partial charge in [0.2, 0.25) is 0 Å². The third kappa shape index (κ3) is 4.60. The van der Waals surface area contributed by atoms with Crippen LogP contribution in [-0.4, -0.2) is 5.71 Å². The Morgan fingerprint density at radius 3 is 1.29 bits per heavy atom. The highest BCUT2D eigenvalue weighted by Gasteiger charge is 2.31. The summed E-state index contributed by atoms with van der Waals surface area (Å²) < 4.78 is 76.9. The molecular weight excluding hydrogens is 380 g/mol. The summed E-state index contributed by atoms with van der Waals surface area (Å²) in [6, 6.07) is 17.3. The molecule has 0 atom stereocenters. The molecule has 28 heavy (non-hydrogen) atoms. The minimum absolute atomic E-state index is 0.272. The average molecular weight is 393 g/mol. The first-order valence-electron chi connectivity index (χ1n) is 8.13. The fourth-order valence-electron chi connectivity index (χ4n) is 2.56. The molecule has 0 aliphatic heterocycles. The summed E-state index contributed by atoms with van der Waals surface area (Å²) in [5, 5.41) is 0. The topological polar surface area (TPSA) is 12.4 Å². The van der Waals surface area contributed by atoms with Gasteiger partial charge < -0.3 is 0 Å². The van der Waals surface area contributed by atoms with Gasteiger partial charge >= 0.3 is 12.4 Å². The van der Waals surface area contributed by atoms with Crippen LogP contribution < -0.4 is 0 Å². The van der Waals surface area contributed by atoms with E-state index in [0.29, 0.717) is 16.8 Å². The van der Waals surface area contributed by atoms with E-state index in [4.69, 9.17) is 0 Å². The average Bonchev–Trinajstić information content (AvgIpc) is 2.66. The van der Waals surface area contributed by atoms with Crippen LogP contribution in [0.1, 0.15) is 22.3 Å². The fourth-order valence-corrected chi connectivity index (χ4v) is 2.56. The van der Waals surface area contributed by atoms with E-state index in [2.05, 4.69) is 4.99 Å². The lowest BCUT2D eigenvalue weighted by atomic mass is 9.99. The number of alkyl halides is 6. The first kappa shape index (κ1) is 19.7. The predicted molar refractivity (Wildman–Crippen MR) is 94.6 cm³/mol. The molecule has 0 fully saturated rings. The van der Waals surface area contributed by atoms with E-state index in [1.165, 1.54) is 24.3 Å². The molecule has 3 aromatic carbocycles. The lowest BCUT2D eigenvalue weighted by Gasteiger charge is -2.12. The Balaban J connectivity index is 2.07. The zero-order valence-corrected chi connectivity index (χ0v) is 14.2. The fraction of sp³-hybridized carbons (Fsp3) is 0.0952. The van der Waals surface area contributed by atoms with Crippen LogP contribution in [0.5, 0.6) is 0 Å². The Kier molecular flexibility index (Phi) is 5.27. The maximum atomic E-state index is 12.8. The van der Waals surface area contributed by atoms with Crippen molar-refractivity contribution in [3.63, 3.8) is 0 Å². The van der Waals surface area contributed by atoms with Crippen molar-refractivity contribution in [2.24, 2.45) is 4.99 Å². The number of hydrogen-bond acceptors (Lipinski definition) is 1. The van der Waals surface area contributed by atoms with Crippen molar-refractivity contribution < 1.29 is 26.3 Å². The van der Waals surface area contributed by atoms with Gasteiger partial charge in [0.05, 0.1) is 22.5 Å². The van der Waals surface area contributed by atoms with Gasteiger partial charge in [-0.1, -0.05) is 42.5 Å². The molecule has 0 aliphatic rings. The van der Waals surface area contributed by atoms with Crippen molar-refractivity contribution in [3.8, 4) is 0 Å². The largest absolute Gasteiger partial charge is 0.416 e. The Labute approximate surface area is 157 Å². The molecule has 0 N–H and O–H groups in total. The lowest BCUT2D eigenvalue weighted by Crippen LogP contribution is -2.09. The van der Waals surface area contributed by atoms with Crippen LogP contribution in [0.3, 0.4) is 0 Å². The lowest BCUT2D eigenvalue weighted by molar-refractivity contribution is -0.138. The van der Waals surface area contributed by atoms with E-state index < -0.39 is 23.5 Å². The zero-order chi connectivity index (χ0) is 20.4. The molecule has 0 aliphatic carbocycles. The van der Waals surface area contributed by atoms with Gasteiger partial charge in [0, 0.05) is 11.1 Å². The highest BCUT2D eigenvalue weighted by Crippen LogP contribution is 2.31. The molecule has 3 aromatic rings. The van der Waals surface area contributed by atoms with Crippen LogP contribution in [0.4, 0.5) is 32.0 Å². The van der Waals surface area contributed by atoms with Gasteiger partial charge in [0.1, 0.15) is 0 Å². The Hall–Kier alpha value is -3.09. The summed E-state index contributed by atoms with van der Waals surface area (Å²) in [6.07, 6.45) is -8.97. The highest BCUT2D eigenvalue weighted by atomic mass is 19.4. The summed E-state index contributed by atoms with van der Waals surface area (Å²) in [7, 11) is 0. The summed E-state index contributed by atoms with van der Waals surface area (Å²) in [4.78, 5) is 4.44. The number of halogens is 6. The number of hydrogen-bond donors (Lipinski definition) is 0. The van der Waals surface area contributed by atoms with Crippen molar-refractivity contribution in [1.29, 1.82) is 0 Å². The highest BCUT2D eigenvalue weighted by molar-refractivity contribution is 6.14. The summed E-state index contributed by atoms with van der Waals surface area (Å²) in [5.41, 5.74) is -0.121. The second kappa shape index (κ2) is 7.50. The molecular formula is C21H13F6N. The number of benzene rings is 3. The summed E-state index contributed by atoms with van der Waals surface area (Å²) in [5.74, 6) is 0. The summed E-state index contributed by atoms with van der Waals surface area (Å²) >= 11 is 0. The van der Waals surface area contributed by atoms with Crippen LogP contribution in [-0.2, 0) is 12.4 Å². The standard InChI is InChI=1S/C21H13F6N/c22-20(23,24)16-10-6-14(7-11-16)19(28-18-4-2-1-3-5-18)15-8-12-17(13-9-15)21(25,26)27/h1-13H. The molecule has 0 aromatic heterocycles. The van der Waals surface area contributed by atoms with Crippen molar-refractivity contribution in [2.75, 3.05) is 0 Å². The van der Waals surface area contributed by atoms with Gasteiger partial charge in [-0.3, -0.25) is 0 Å². The van der Waals surface area contributed by atoms with Gasteiger partial charge in [-0.05, 0) is 36.4 Å². The first-order valence-corrected chi connectivity index (χ1v) is 8.13. The number of nitrogens with zero attached hydrogens (tertiary/aromatic N) is 1. The Bertz CT molecular complexity index is 894. The van der Waals surface area contributed by atoms with E-state index in [1.54, 1.807) is 30.3 Å². The molecule has 0 amide bonds. The molecule has 0 heterocycles. The smallest absolute Gasteiger partial charge is 0.248 e. The Morgan fingerprint density at radius 2 is 0.929 bits per heavy atom. The van der Waals surface area contributed by atoms with Crippen LogP contribution >= 0.6 is 0 Å². The zero-order valence-electron chi connectivity index (χ0n) is 14.2. The summed E-state index contributed by atoms with van der Waals surface area (Å²) in [6.45, 7) is 0. The molecule has 144 valence electrons. The maximum absolute atomic E-state index is 12.8. The molecule has 0 radical (unpaired) electrons. The third-order valence-corrected chi connectivity index (χ3v) is 3.97. The third-order valence-electron chi connectivity index (χ3n) is 3.97. The number of aliphatic imine (C=N–C) groups is 1. The second-order valence-corrected chi connectivity index (χ2v) is 5.95. The van der Waals surface area contributed by atoms with Crippen molar-refractivity contribution in [1.82, 2.24) is 0 Å². The van der Waals surface area contributed by atoms with Crippen LogP contribution in [0, 0.1) is 0 Å². The van der Waals surface area contributed by atoms with E-state index in [-0.39, 0.29) is 5.71 Å². The van der Waals surface area contributed by atoms with Gasteiger partial charge in [-0.2, -0.15) is 26.3 Å². The minimum Gasteiger partial charge on any atom is -0.248 e. The number of rotatable bonds is 3. The second-order valence-electron chi connectivity index (χ2n) is 5.95. The number of para-hydroxylation sites is 1. The van der Waals surface area contributed by atoms with Crippen molar-refractivity contribution in [3.05, 3.63) is 101 Å². The van der Waals surface area contributed by atoms with E-state index >= 15 is 0 Å². The van der Waals surface area contributed by atoms with E-state index in [0.717, 1.165) is 24.3 Å². The molecule has 0 saturated carbocycles. The first-order chi connectivity index (χ1) is 13.1. The van der Waals surface area contributed by atoms with Gasteiger partial charge in [-0.25, -0.2) is 4.99 Å². The van der Waals surface area contributed by atoms with Crippen molar-refractivity contribution >= 4 is 11.4 Å². The van der Waals surface area contributed by atoms with Crippen LogP contribution in [0.2, 0.25) is 0 Å². The SMILES string of the molecule is FC(F)(F)c1ccc(C(=Nc2ccccc2)c2ccc(C(F)(F)F)cc2)cc1. The molecule has 0 unspecified atom stereocenters. The molecule has 0 spiro atoms. The van der Waals surface area contributed by atoms with Crippen molar-refractivity contribution in [2.45, 2.75) is 12.4 Å². The Morgan fingerprint density at radius 1 is 0.536 bits per heavy atom. The van der Waals surface area contributed by atoms with Gasteiger partial charge in [0.15, 0.2) is 0 Å². The molecule has 7 heteroatoms. The van der Waals surface area contributed by atoms with Crippen LogP contribution in [0.25, 0.3) is 0 Å². The normalized spacial score (nSPS) is 11.9. The van der Waals surface area contributed by atoms with Gasteiger partial charge in [0.25, 0.3) is 0 Å². The molecule has 0 bridgehead atoms. The molecule has 3 rings (SSSR count).